The van der Waals surface area contributed by atoms with Crippen LogP contribution in [0.25, 0.3) is 0 Å². The molecule has 0 spiro atoms. The molecule has 1 nitrogen and oxygen atoms in total. The van der Waals surface area contributed by atoms with Gasteiger partial charge < -0.3 is 5.32 Å². The summed E-state index contributed by atoms with van der Waals surface area (Å²) in [6, 6.07) is 0.672. The summed E-state index contributed by atoms with van der Waals surface area (Å²) in [5.74, 6) is 0. The van der Waals surface area contributed by atoms with E-state index in [9.17, 15) is 0 Å². The van der Waals surface area contributed by atoms with E-state index in [0.717, 1.165) is 13.0 Å². The number of rotatable bonds is 9. The molecule has 0 saturated heterocycles. The van der Waals surface area contributed by atoms with Crippen LogP contribution in [-0.2, 0) is 0 Å². The number of unbranched alkanes of at least 4 members (excludes halogenated alkanes) is 3. The summed E-state index contributed by atoms with van der Waals surface area (Å²) in [7, 11) is 0. The minimum atomic E-state index is 0.672. The van der Waals surface area contributed by atoms with Gasteiger partial charge in [-0.2, -0.15) is 0 Å². The van der Waals surface area contributed by atoms with Gasteiger partial charge in [-0.25, -0.2) is 0 Å². The van der Waals surface area contributed by atoms with Gasteiger partial charge in [0, 0.05) is 6.04 Å². The van der Waals surface area contributed by atoms with Crippen molar-refractivity contribution in [1.82, 2.24) is 5.32 Å². The average molecular weight is 197 g/mol. The highest BCUT2D eigenvalue weighted by Crippen LogP contribution is 2.05. The monoisotopic (exact) mass is 197 g/mol. The van der Waals surface area contributed by atoms with E-state index in [2.05, 4.69) is 32.7 Å². The molecule has 0 saturated carbocycles. The first-order valence-corrected chi connectivity index (χ1v) is 6.04. The summed E-state index contributed by atoms with van der Waals surface area (Å²) in [6.07, 6.45) is 7.91. The molecular formula is C13H27N. The summed E-state index contributed by atoms with van der Waals surface area (Å²) >= 11 is 0. The van der Waals surface area contributed by atoms with Crippen molar-refractivity contribution in [3.63, 3.8) is 0 Å². The third-order valence-electron chi connectivity index (χ3n) is 2.54. The van der Waals surface area contributed by atoms with Crippen molar-refractivity contribution >= 4 is 0 Å². The Morgan fingerprint density at radius 1 is 1.29 bits per heavy atom. The van der Waals surface area contributed by atoms with Gasteiger partial charge in [0.15, 0.2) is 0 Å². The van der Waals surface area contributed by atoms with Gasteiger partial charge in [-0.1, -0.05) is 38.2 Å². The highest BCUT2D eigenvalue weighted by atomic mass is 14.9. The maximum atomic E-state index is 3.90. The van der Waals surface area contributed by atoms with Crippen LogP contribution in [0.1, 0.15) is 59.3 Å². The molecule has 0 aromatic carbocycles. The largest absolute Gasteiger partial charge is 0.314 e. The second-order valence-electron chi connectivity index (χ2n) is 4.41. The molecule has 0 radical (unpaired) electrons. The van der Waals surface area contributed by atoms with Crippen LogP contribution in [0.4, 0.5) is 0 Å². The van der Waals surface area contributed by atoms with E-state index in [1.54, 1.807) is 0 Å². The number of nitrogens with one attached hydrogen (secondary N) is 1. The molecule has 84 valence electrons. The van der Waals surface area contributed by atoms with Crippen LogP contribution in [0.2, 0.25) is 0 Å². The van der Waals surface area contributed by atoms with Crippen LogP contribution < -0.4 is 5.32 Å². The van der Waals surface area contributed by atoms with Crippen molar-refractivity contribution in [2.24, 2.45) is 0 Å². The van der Waals surface area contributed by atoms with Crippen molar-refractivity contribution < 1.29 is 0 Å². The molecule has 0 aliphatic carbocycles. The van der Waals surface area contributed by atoms with Gasteiger partial charge in [0.25, 0.3) is 0 Å². The summed E-state index contributed by atoms with van der Waals surface area (Å²) in [5, 5.41) is 3.53. The topological polar surface area (TPSA) is 12.0 Å². The first-order valence-electron chi connectivity index (χ1n) is 6.04. The molecule has 0 aromatic heterocycles. The third-order valence-corrected chi connectivity index (χ3v) is 2.54. The molecule has 0 aliphatic heterocycles. The lowest BCUT2D eigenvalue weighted by molar-refractivity contribution is 0.486. The van der Waals surface area contributed by atoms with Crippen LogP contribution in [0, 0.1) is 0 Å². The fourth-order valence-electron chi connectivity index (χ4n) is 1.51. The Morgan fingerprint density at radius 2 is 2.00 bits per heavy atom. The Balaban J connectivity index is 3.19. The van der Waals surface area contributed by atoms with Crippen molar-refractivity contribution in [1.29, 1.82) is 0 Å². The predicted octanol–water partition coefficient (Wildman–Crippen LogP) is 3.90. The first-order chi connectivity index (χ1) is 6.66. The van der Waals surface area contributed by atoms with E-state index in [-0.39, 0.29) is 0 Å². The molecule has 0 aliphatic rings. The highest BCUT2D eigenvalue weighted by molar-refractivity contribution is 4.88. The summed E-state index contributed by atoms with van der Waals surface area (Å²) in [5.41, 5.74) is 1.27. The SMILES string of the molecule is C=C(C)CCNC(C)CCCCCC. The van der Waals surface area contributed by atoms with Gasteiger partial charge in [0.05, 0.1) is 0 Å². The second-order valence-corrected chi connectivity index (χ2v) is 4.41. The lowest BCUT2D eigenvalue weighted by Gasteiger charge is -2.13. The fourth-order valence-corrected chi connectivity index (χ4v) is 1.51. The molecule has 0 bridgehead atoms. The molecule has 1 heteroatoms. The quantitative estimate of drug-likeness (QED) is 0.436. The van der Waals surface area contributed by atoms with Gasteiger partial charge in [-0.3, -0.25) is 0 Å². The van der Waals surface area contributed by atoms with Gasteiger partial charge in [-0.05, 0) is 33.2 Å². The van der Waals surface area contributed by atoms with Crippen molar-refractivity contribution in [2.45, 2.75) is 65.3 Å². The standard InChI is InChI=1S/C13H27N/c1-5-6-7-8-9-13(4)14-11-10-12(2)3/h13-14H,2,5-11H2,1,3-4H3. The van der Waals surface area contributed by atoms with Gasteiger partial charge >= 0.3 is 0 Å². The van der Waals surface area contributed by atoms with E-state index in [1.807, 2.05) is 0 Å². The maximum absolute atomic E-state index is 3.90. The number of hydrogen-bond donors (Lipinski definition) is 1. The van der Waals surface area contributed by atoms with Gasteiger partial charge in [0.1, 0.15) is 0 Å². The molecule has 0 rings (SSSR count). The summed E-state index contributed by atoms with van der Waals surface area (Å²) < 4.78 is 0. The molecular weight excluding hydrogens is 170 g/mol. The highest BCUT2D eigenvalue weighted by Gasteiger charge is 1.99. The Labute approximate surface area is 90.0 Å². The van der Waals surface area contributed by atoms with E-state index in [4.69, 9.17) is 0 Å². The minimum Gasteiger partial charge on any atom is -0.314 e. The second kappa shape index (κ2) is 9.26. The van der Waals surface area contributed by atoms with Crippen molar-refractivity contribution in [2.75, 3.05) is 6.54 Å². The normalized spacial score (nSPS) is 12.8. The fraction of sp³-hybridized carbons (Fsp3) is 0.846. The zero-order valence-electron chi connectivity index (χ0n) is 10.2. The van der Waals surface area contributed by atoms with E-state index < -0.39 is 0 Å². The van der Waals surface area contributed by atoms with E-state index in [0.29, 0.717) is 6.04 Å². The lowest BCUT2D eigenvalue weighted by atomic mass is 10.1. The first kappa shape index (κ1) is 13.7. The van der Waals surface area contributed by atoms with Crippen LogP contribution in [0.15, 0.2) is 12.2 Å². The molecule has 1 unspecified atom stereocenters. The van der Waals surface area contributed by atoms with E-state index >= 15 is 0 Å². The zero-order valence-corrected chi connectivity index (χ0v) is 10.2. The zero-order chi connectivity index (χ0) is 10.8. The Hall–Kier alpha value is -0.300. The maximum Gasteiger partial charge on any atom is 0.00388 e. The van der Waals surface area contributed by atoms with Crippen LogP contribution in [0.5, 0.6) is 0 Å². The molecule has 14 heavy (non-hydrogen) atoms. The molecule has 1 N–H and O–H groups in total. The smallest absolute Gasteiger partial charge is 0.00388 e. The molecule has 0 heterocycles. The average Bonchev–Trinajstić information content (AvgIpc) is 2.12. The van der Waals surface area contributed by atoms with E-state index in [1.165, 1.54) is 37.7 Å². The predicted molar refractivity (Wildman–Crippen MR) is 65.7 cm³/mol. The van der Waals surface area contributed by atoms with Crippen LogP contribution in [-0.4, -0.2) is 12.6 Å². The summed E-state index contributed by atoms with van der Waals surface area (Å²) in [6.45, 7) is 11.6. The third kappa shape index (κ3) is 9.79. The molecule has 0 amide bonds. The van der Waals surface area contributed by atoms with Crippen LogP contribution in [0.3, 0.4) is 0 Å². The van der Waals surface area contributed by atoms with Crippen molar-refractivity contribution in [3.05, 3.63) is 12.2 Å². The molecule has 0 aromatic rings. The van der Waals surface area contributed by atoms with Crippen LogP contribution >= 0.6 is 0 Å². The van der Waals surface area contributed by atoms with Gasteiger partial charge in [0.2, 0.25) is 0 Å². The Morgan fingerprint density at radius 3 is 2.57 bits per heavy atom. The van der Waals surface area contributed by atoms with Gasteiger partial charge in [-0.15, -0.1) is 6.58 Å². The number of hydrogen-bond acceptors (Lipinski definition) is 1. The minimum absolute atomic E-state index is 0.672. The van der Waals surface area contributed by atoms with Crippen molar-refractivity contribution in [3.8, 4) is 0 Å². The summed E-state index contributed by atoms with van der Waals surface area (Å²) in [4.78, 5) is 0. The molecule has 0 fully saturated rings. The Kier molecular flexibility index (Phi) is 9.06. The Bertz CT molecular complexity index is 140. The lowest BCUT2D eigenvalue weighted by Crippen LogP contribution is -2.26. The molecule has 1 atom stereocenters.